The van der Waals surface area contributed by atoms with Gasteiger partial charge in [-0.25, -0.2) is 10.4 Å². The number of aliphatic imine (C=N–C) groups is 1. The molecule has 1 aliphatic rings. The third kappa shape index (κ3) is 14.2. The normalized spacial score (nSPS) is 19.8. The van der Waals surface area contributed by atoms with E-state index in [0.717, 1.165) is 57.7 Å². The van der Waals surface area contributed by atoms with Gasteiger partial charge in [0.15, 0.2) is 0 Å². The summed E-state index contributed by atoms with van der Waals surface area (Å²) < 4.78 is 0. The number of carbonyl (C=O) groups is 1. The molecule has 0 spiro atoms. The van der Waals surface area contributed by atoms with Crippen molar-refractivity contribution in [1.29, 1.82) is 0 Å². The van der Waals surface area contributed by atoms with Crippen molar-refractivity contribution in [3.05, 3.63) is 0 Å². The Morgan fingerprint density at radius 3 is 2.34 bits per heavy atom. The van der Waals surface area contributed by atoms with Gasteiger partial charge in [-0.1, -0.05) is 71.6 Å². The summed E-state index contributed by atoms with van der Waals surface area (Å²) in [5.74, 6) is 0.0781. The molecule has 1 heterocycles. The van der Waals surface area contributed by atoms with Crippen molar-refractivity contribution < 1.29 is 4.79 Å². The molecule has 6 heteroatoms. The molecule has 1 amide bonds. The maximum atomic E-state index is 12.4. The molecule has 0 saturated heterocycles. The first-order chi connectivity index (χ1) is 15.6. The van der Waals surface area contributed by atoms with Crippen LogP contribution in [0.25, 0.3) is 0 Å². The van der Waals surface area contributed by atoms with Crippen molar-refractivity contribution in [1.82, 2.24) is 21.1 Å². The Hall–Kier alpha value is -0.980. The zero-order valence-electron chi connectivity index (χ0n) is 21.7. The molecule has 1 aliphatic heterocycles. The van der Waals surface area contributed by atoms with Crippen LogP contribution in [0.5, 0.6) is 0 Å². The second kappa shape index (κ2) is 19.5. The average molecular weight is 452 g/mol. The molecule has 0 aliphatic carbocycles. The molecule has 0 aromatic rings. The van der Waals surface area contributed by atoms with Gasteiger partial charge in [-0.05, 0) is 46.1 Å². The molecule has 3 N–H and O–H groups in total. The Morgan fingerprint density at radius 2 is 1.69 bits per heavy atom. The van der Waals surface area contributed by atoms with E-state index >= 15 is 0 Å². The van der Waals surface area contributed by atoms with E-state index in [4.69, 9.17) is 0 Å². The van der Waals surface area contributed by atoms with Gasteiger partial charge in [-0.15, -0.1) is 0 Å². The number of hydrazine groups is 1. The molecular formula is C26H53N5O. The van der Waals surface area contributed by atoms with E-state index in [2.05, 4.69) is 46.8 Å². The second-order valence-electron chi connectivity index (χ2n) is 9.43. The van der Waals surface area contributed by atoms with Crippen LogP contribution in [0.3, 0.4) is 0 Å². The zero-order chi connectivity index (χ0) is 23.4. The van der Waals surface area contributed by atoms with E-state index in [1.807, 2.05) is 6.92 Å². The molecule has 0 fully saturated rings. The zero-order valence-corrected chi connectivity index (χ0v) is 21.7. The molecule has 0 bridgehead atoms. The number of nitrogens with zero attached hydrogens (tertiary/aromatic N) is 2. The van der Waals surface area contributed by atoms with E-state index < -0.39 is 0 Å². The summed E-state index contributed by atoms with van der Waals surface area (Å²) in [6.45, 7) is 13.2. The summed E-state index contributed by atoms with van der Waals surface area (Å²) in [5.41, 5.74) is 4.57. The first-order valence-electron chi connectivity index (χ1n) is 13.6. The van der Waals surface area contributed by atoms with Gasteiger partial charge < -0.3 is 10.6 Å². The molecule has 2 atom stereocenters. The molecule has 188 valence electrons. The van der Waals surface area contributed by atoms with Crippen molar-refractivity contribution in [3.8, 4) is 0 Å². The largest absolute Gasteiger partial charge is 0.355 e. The van der Waals surface area contributed by atoms with Crippen LogP contribution in [0.4, 0.5) is 0 Å². The Kier molecular flexibility index (Phi) is 17.7. The second-order valence-corrected chi connectivity index (χ2v) is 9.43. The van der Waals surface area contributed by atoms with Crippen LogP contribution in [-0.4, -0.2) is 55.5 Å². The van der Waals surface area contributed by atoms with Crippen LogP contribution in [0, 0.1) is 5.92 Å². The van der Waals surface area contributed by atoms with Gasteiger partial charge in [0, 0.05) is 31.9 Å². The summed E-state index contributed by atoms with van der Waals surface area (Å²) in [7, 11) is 0. The molecule has 0 aromatic carbocycles. The highest BCUT2D eigenvalue weighted by Crippen LogP contribution is 2.13. The van der Waals surface area contributed by atoms with Gasteiger partial charge in [-0.2, -0.15) is 0 Å². The average Bonchev–Trinajstić information content (AvgIpc) is 2.78. The number of hydrogen-bond donors (Lipinski definition) is 3. The maximum absolute atomic E-state index is 12.4. The minimum atomic E-state index is -0.0686. The topological polar surface area (TPSA) is 68.8 Å². The van der Waals surface area contributed by atoms with Crippen LogP contribution in [0.15, 0.2) is 4.99 Å². The van der Waals surface area contributed by atoms with Crippen LogP contribution < -0.4 is 16.1 Å². The summed E-state index contributed by atoms with van der Waals surface area (Å²) >= 11 is 0. The first-order valence-corrected chi connectivity index (χ1v) is 13.6. The number of unbranched alkanes of at least 4 members (excludes halogenated alkanes) is 9. The lowest BCUT2D eigenvalue weighted by atomic mass is 9.96. The van der Waals surface area contributed by atoms with Crippen LogP contribution in [-0.2, 0) is 4.79 Å². The summed E-state index contributed by atoms with van der Waals surface area (Å²) in [5, 5.41) is 8.92. The van der Waals surface area contributed by atoms with E-state index in [0.29, 0.717) is 0 Å². The molecular weight excluding hydrogens is 398 g/mol. The molecule has 0 radical (unpaired) electrons. The molecule has 1 rings (SSSR count). The lowest BCUT2D eigenvalue weighted by Crippen LogP contribution is -2.50. The van der Waals surface area contributed by atoms with Gasteiger partial charge in [0.25, 0.3) is 0 Å². The molecule has 2 unspecified atom stereocenters. The van der Waals surface area contributed by atoms with Crippen molar-refractivity contribution in [2.45, 2.75) is 117 Å². The quantitative estimate of drug-likeness (QED) is 0.146. The Bertz CT molecular complexity index is 497. The highest BCUT2D eigenvalue weighted by atomic mass is 16.1. The summed E-state index contributed by atoms with van der Waals surface area (Å²) in [4.78, 5) is 16.9. The number of nitrogens with one attached hydrogen (secondary N) is 3. The number of amides is 1. The number of hydrogen-bond acceptors (Lipinski definition) is 5. The standard InChI is InChI=1S/C26H53N5O/c1-5-7-8-9-10-11-12-13-14-15-19-28-24(4)30-31(6-2)22-16-18-25-23(3)27-20-17-21-29-26(25)32/h24-25,28,30H,5-22H2,1-4H3,(H,29,32)/b27-23-. The monoisotopic (exact) mass is 451 g/mol. The SMILES string of the molecule is CCCCCCCCCCCCNC(C)NN(CC)CCCC1C(=O)NCCC/N=C\1C. The van der Waals surface area contributed by atoms with Gasteiger partial charge in [-0.3, -0.25) is 9.79 Å². The predicted molar refractivity (Wildman–Crippen MR) is 138 cm³/mol. The van der Waals surface area contributed by atoms with E-state index in [1.165, 1.54) is 64.2 Å². The van der Waals surface area contributed by atoms with E-state index in [1.54, 1.807) is 0 Å². The highest BCUT2D eigenvalue weighted by Gasteiger charge is 2.22. The Morgan fingerprint density at radius 1 is 1.03 bits per heavy atom. The third-order valence-corrected chi connectivity index (χ3v) is 6.48. The van der Waals surface area contributed by atoms with Gasteiger partial charge in [0.1, 0.15) is 0 Å². The Balaban J connectivity index is 2.09. The van der Waals surface area contributed by atoms with Gasteiger partial charge in [0.2, 0.25) is 5.91 Å². The Labute approximate surface area is 198 Å². The minimum absolute atomic E-state index is 0.0686. The smallest absolute Gasteiger partial charge is 0.228 e. The van der Waals surface area contributed by atoms with Crippen molar-refractivity contribution in [2.75, 3.05) is 32.7 Å². The fourth-order valence-corrected chi connectivity index (χ4v) is 4.36. The van der Waals surface area contributed by atoms with Crippen LogP contribution in [0.2, 0.25) is 0 Å². The van der Waals surface area contributed by atoms with E-state index in [9.17, 15) is 4.79 Å². The fraction of sp³-hybridized carbons (Fsp3) is 0.923. The highest BCUT2D eigenvalue weighted by molar-refractivity contribution is 6.03. The van der Waals surface area contributed by atoms with Crippen LogP contribution in [0.1, 0.15) is 111 Å². The van der Waals surface area contributed by atoms with Crippen LogP contribution >= 0.6 is 0 Å². The van der Waals surface area contributed by atoms with Gasteiger partial charge in [0.05, 0.1) is 12.1 Å². The lowest BCUT2D eigenvalue weighted by molar-refractivity contribution is -0.123. The van der Waals surface area contributed by atoms with Gasteiger partial charge >= 0.3 is 0 Å². The van der Waals surface area contributed by atoms with Crippen molar-refractivity contribution in [3.63, 3.8) is 0 Å². The third-order valence-electron chi connectivity index (χ3n) is 6.48. The summed E-state index contributed by atoms with van der Waals surface area (Å²) in [6, 6.07) is 0. The number of carbonyl (C=O) groups excluding carboxylic acids is 1. The number of rotatable bonds is 19. The molecule has 0 aromatic heterocycles. The first kappa shape index (κ1) is 29.1. The lowest BCUT2D eigenvalue weighted by Gasteiger charge is -2.27. The maximum Gasteiger partial charge on any atom is 0.228 e. The van der Waals surface area contributed by atoms with E-state index in [-0.39, 0.29) is 18.0 Å². The van der Waals surface area contributed by atoms with Crippen molar-refractivity contribution >= 4 is 11.6 Å². The summed E-state index contributed by atoms with van der Waals surface area (Å²) in [6.07, 6.45) is 16.8. The molecule has 0 saturated carbocycles. The minimum Gasteiger partial charge on any atom is -0.355 e. The molecule has 6 nitrogen and oxygen atoms in total. The fourth-order valence-electron chi connectivity index (χ4n) is 4.36. The predicted octanol–water partition coefficient (Wildman–Crippen LogP) is 5.05. The molecule has 32 heavy (non-hydrogen) atoms. The van der Waals surface area contributed by atoms with Crippen molar-refractivity contribution in [2.24, 2.45) is 10.9 Å².